The Morgan fingerprint density at radius 1 is 1.08 bits per heavy atom. The van der Waals surface area contributed by atoms with Crippen molar-refractivity contribution in [1.29, 1.82) is 0 Å². The normalized spacial score (nSPS) is 52.0. The van der Waals surface area contributed by atoms with E-state index in [0.717, 1.165) is 31.6 Å². The van der Waals surface area contributed by atoms with Crippen LogP contribution < -0.4 is 0 Å². The van der Waals surface area contributed by atoms with E-state index < -0.39 is 5.79 Å². The molecule has 6 atom stereocenters. The predicted molar refractivity (Wildman–Crippen MR) is 92.2 cm³/mol. The third-order valence-corrected chi connectivity index (χ3v) is 8.93. The maximum absolute atomic E-state index is 11.0. The van der Waals surface area contributed by atoms with Gasteiger partial charge in [0.15, 0.2) is 5.79 Å². The van der Waals surface area contributed by atoms with Gasteiger partial charge in [-0.25, -0.2) is 0 Å². The lowest BCUT2D eigenvalue weighted by Crippen LogP contribution is -2.47. The largest absolute Gasteiger partial charge is 0.392 e. The van der Waals surface area contributed by atoms with Crippen LogP contribution >= 0.6 is 0 Å². The molecule has 3 saturated carbocycles. The number of methoxy groups -OCH3 is 1. The Hall–Kier alpha value is -0.380. The van der Waals surface area contributed by atoms with Crippen LogP contribution in [0.1, 0.15) is 71.1 Å². The lowest BCUT2D eigenvalue weighted by atomic mass is 9.54. The minimum Gasteiger partial charge on any atom is -0.392 e. The van der Waals surface area contributed by atoms with Crippen LogP contribution in [0, 0.1) is 28.6 Å². The SMILES string of the molecule is COC1(O)CCC2=C(CCC3C2CCC2(C)C3CC3(CC3)C2O)C1. The first-order valence-corrected chi connectivity index (χ1v) is 10.1. The van der Waals surface area contributed by atoms with E-state index in [1.807, 2.05) is 0 Å². The highest BCUT2D eigenvalue weighted by atomic mass is 16.6. The fourth-order valence-electron chi connectivity index (χ4n) is 7.34. The highest BCUT2D eigenvalue weighted by Crippen LogP contribution is 2.72. The molecule has 5 aliphatic rings. The zero-order valence-electron chi connectivity index (χ0n) is 15.2. The van der Waals surface area contributed by atoms with Crippen molar-refractivity contribution in [1.82, 2.24) is 0 Å². The summed E-state index contributed by atoms with van der Waals surface area (Å²) in [7, 11) is 1.64. The summed E-state index contributed by atoms with van der Waals surface area (Å²) in [6, 6.07) is 0. The summed E-state index contributed by atoms with van der Waals surface area (Å²) in [6.07, 6.45) is 11.0. The number of ether oxygens (including phenoxy) is 1. The van der Waals surface area contributed by atoms with Gasteiger partial charge in [-0.05, 0) is 80.0 Å². The standard InChI is InChI=1S/C21H32O3/c1-19-7-5-15-14-6-8-21(23,24-2)11-13(14)3-4-16(15)17(19)12-20(9-10-20)18(19)22/h15-18,22-23H,3-12H2,1-2H3. The van der Waals surface area contributed by atoms with Crippen molar-refractivity contribution >= 4 is 0 Å². The van der Waals surface area contributed by atoms with Crippen LogP contribution in [0.3, 0.4) is 0 Å². The van der Waals surface area contributed by atoms with E-state index >= 15 is 0 Å². The average Bonchev–Trinajstić information content (AvgIpc) is 3.32. The summed E-state index contributed by atoms with van der Waals surface area (Å²) in [5, 5.41) is 21.6. The smallest absolute Gasteiger partial charge is 0.169 e. The Morgan fingerprint density at radius 3 is 2.58 bits per heavy atom. The van der Waals surface area contributed by atoms with E-state index in [1.54, 1.807) is 12.7 Å². The zero-order valence-corrected chi connectivity index (χ0v) is 15.2. The van der Waals surface area contributed by atoms with Gasteiger partial charge in [0.25, 0.3) is 0 Å². The highest BCUT2D eigenvalue weighted by Gasteiger charge is 2.67. The van der Waals surface area contributed by atoms with E-state index in [4.69, 9.17) is 4.74 Å². The lowest BCUT2D eigenvalue weighted by Gasteiger charge is -2.52. The zero-order chi connectivity index (χ0) is 16.7. The molecule has 0 bridgehead atoms. The van der Waals surface area contributed by atoms with Gasteiger partial charge in [-0.1, -0.05) is 18.1 Å². The molecule has 134 valence electrons. The maximum atomic E-state index is 11.0. The van der Waals surface area contributed by atoms with Gasteiger partial charge in [0.1, 0.15) is 0 Å². The fraction of sp³-hybridized carbons (Fsp3) is 0.905. The Labute approximate surface area is 145 Å². The summed E-state index contributed by atoms with van der Waals surface area (Å²) in [5.41, 5.74) is 3.63. The van der Waals surface area contributed by atoms with Crippen molar-refractivity contribution in [2.24, 2.45) is 28.6 Å². The van der Waals surface area contributed by atoms with E-state index in [0.29, 0.717) is 17.3 Å². The quantitative estimate of drug-likeness (QED) is 0.567. The van der Waals surface area contributed by atoms with Gasteiger partial charge in [-0.2, -0.15) is 0 Å². The third-order valence-electron chi connectivity index (χ3n) is 8.93. The molecule has 1 spiro atoms. The van der Waals surface area contributed by atoms with E-state index in [1.165, 1.54) is 44.1 Å². The second kappa shape index (κ2) is 4.86. The minimum absolute atomic E-state index is 0.0590. The molecule has 6 unspecified atom stereocenters. The van der Waals surface area contributed by atoms with Crippen LogP contribution in [0.25, 0.3) is 0 Å². The summed E-state index contributed by atoms with van der Waals surface area (Å²) in [5.74, 6) is 1.28. The third kappa shape index (κ3) is 1.95. The Balaban J connectivity index is 1.45. The molecule has 3 heteroatoms. The molecular formula is C21H32O3. The monoisotopic (exact) mass is 332 g/mol. The number of rotatable bonds is 1. The molecule has 3 fully saturated rings. The Morgan fingerprint density at radius 2 is 1.88 bits per heavy atom. The van der Waals surface area contributed by atoms with Gasteiger partial charge < -0.3 is 14.9 Å². The lowest BCUT2D eigenvalue weighted by molar-refractivity contribution is -0.192. The van der Waals surface area contributed by atoms with Crippen LogP contribution in [-0.2, 0) is 4.74 Å². The van der Waals surface area contributed by atoms with Crippen molar-refractivity contribution < 1.29 is 14.9 Å². The molecular weight excluding hydrogens is 300 g/mol. The Kier molecular flexibility index (Phi) is 3.21. The van der Waals surface area contributed by atoms with Crippen LogP contribution in [0.4, 0.5) is 0 Å². The average molecular weight is 332 g/mol. The van der Waals surface area contributed by atoms with Gasteiger partial charge in [-0.3, -0.25) is 0 Å². The first-order chi connectivity index (χ1) is 11.4. The molecule has 24 heavy (non-hydrogen) atoms. The number of hydrogen-bond acceptors (Lipinski definition) is 3. The van der Waals surface area contributed by atoms with Gasteiger partial charge in [0, 0.05) is 20.0 Å². The van der Waals surface area contributed by atoms with Crippen LogP contribution in [0.15, 0.2) is 11.1 Å². The predicted octanol–water partition coefficient (Wildman–Crippen LogP) is 3.79. The van der Waals surface area contributed by atoms with Crippen LogP contribution in [0.2, 0.25) is 0 Å². The molecule has 0 aliphatic heterocycles. The second-order valence-electron chi connectivity index (χ2n) is 9.88. The second-order valence-corrected chi connectivity index (χ2v) is 9.88. The fourth-order valence-corrected chi connectivity index (χ4v) is 7.34. The summed E-state index contributed by atoms with van der Waals surface area (Å²) < 4.78 is 5.39. The van der Waals surface area contributed by atoms with E-state index in [2.05, 4.69) is 6.92 Å². The van der Waals surface area contributed by atoms with Crippen molar-refractivity contribution in [3.63, 3.8) is 0 Å². The summed E-state index contributed by atoms with van der Waals surface area (Å²) in [6.45, 7) is 2.39. The van der Waals surface area contributed by atoms with E-state index in [-0.39, 0.29) is 11.5 Å². The molecule has 0 aromatic heterocycles. The number of aliphatic hydroxyl groups excluding tert-OH is 1. The van der Waals surface area contributed by atoms with E-state index in [9.17, 15) is 10.2 Å². The van der Waals surface area contributed by atoms with Crippen molar-refractivity contribution in [2.75, 3.05) is 7.11 Å². The molecule has 0 saturated heterocycles. The summed E-state index contributed by atoms with van der Waals surface area (Å²) >= 11 is 0. The van der Waals surface area contributed by atoms with Crippen LogP contribution in [0.5, 0.6) is 0 Å². The van der Waals surface area contributed by atoms with Crippen LogP contribution in [-0.4, -0.2) is 29.2 Å². The molecule has 0 aromatic carbocycles. The molecule has 0 amide bonds. The van der Waals surface area contributed by atoms with Gasteiger partial charge in [0.2, 0.25) is 0 Å². The number of allylic oxidation sites excluding steroid dienone is 1. The Bertz CT molecular complexity index is 592. The topological polar surface area (TPSA) is 49.7 Å². The molecule has 0 aromatic rings. The molecule has 0 radical (unpaired) electrons. The molecule has 3 nitrogen and oxygen atoms in total. The number of hydrogen-bond donors (Lipinski definition) is 2. The highest BCUT2D eigenvalue weighted by molar-refractivity contribution is 5.29. The van der Waals surface area contributed by atoms with Gasteiger partial charge in [-0.15, -0.1) is 0 Å². The first kappa shape index (κ1) is 15.8. The van der Waals surface area contributed by atoms with Crippen molar-refractivity contribution in [3.8, 4) is 0 Å². The van der Waals surface area contributed by atoms with Crippen molar-refractivity contribution in [3.05, 3.63) is 11.1 Å². The molecule has 5 rings (SSSR count). The number of fused-ring (bicyclic) bond motifs is 4. The van der Waals surface area contributed by atoms with Crippen molar-refractivity contribution in [2.45, 2.75) is 83.0 Å². The maximum Gasteiger partial charge on any atom is 0.169 e. The molecule has 0 heterocycles. The minimum atomic E-state index is -0.920. The molecule has 2 N–H and O–H groups in total. The molecule has 5 aliphatic carbocycles. The first-order valence-electron chi connectivity index (χ1n) is 10.1. The summed E-state index contributed by atoms with van der Waals surface area (Å²) in [4.78, 5) is 0. The van der Waals surface area contributed by atoms with Gasteiger partial charge >= 0.3 is 0 Å². The number of aliphatic hydroxyl groups is 2. The van der Waals surface area contributed by atoms with Gasteiger partial charge in [0.05, 0.1) is 6.10 Å².